The molecule has 0 bridgehead atoms. The highest BCUT2D eigenvalue weighted by molar-refractivity contribution is 5.95. The molecule has 1 aliphatic rings. The molecule has 1 amide bonds. The average molecular weight is 546 g/mol. The molecule has 0 saturated carbocycles. The number of H-pyrrole nitrogens is 1. The first-order valence-electron chi connectivity index (χ1n) is 13.8. The SMILES string of the molecule is COCCN1CCC(c2ccc3c(c2)[nH]/c(=N\C(=O)c2ccnc(-c4cnn(C)c4C)c2)n3CC(C)(C)O)CC1. The van der Waals surface area contributed by atoms with Crippen LogP contribution in [0.25, 0.3) is 22.3 Å². The molecular formula is C30H39N7O3. The van der Waals surface area contributed by atoms with Crippen molar-refractivity contribution < 1.29 is 14.6 Å². The van der Waals surface area contributed by atoms with E-state index in [4.69, 9.17) is 4.74 Å². The molecule has 10 nitrogen and oxygen atoms in total. The van der Waals surface area contributed by atoms with Crippen molar-refractivity contribution in [3.8, 4) is 11.3 Å². The van der Waals surface area contributed by atoms with Gasteiger partial charge in [-0.1, -0.05) is 6.07 Å². The molecule has 0 radical (unpaired) electrons. The minimum absolute atomic E-state index is 0.285. The van der Waals surface area contributed by atoms with Gasteiger partial charge in [-0.15, -0.1) is 0 Å². The van der Waals surface area contributed by atoms with Crippen LogP contribution < -0.4 is 5.62 Å². The number of aliphatic hydroxyl groups is 1. The second kappa shape index (κ2) is 11.5. The minimum atomic E-state index is -0.998. The van der Waals surface area contributed by atoms with Crippen molar-refractivity contribution in [3.05, 3.63) is 65.2 Å². The third kappa shape index (κ3) is 6.09. The molecule has 40 heavy (non-hydrogen) atoms. The summed E-state index contributed by atoms with van der Waals surface area (Å²) in [5.41, 5.74) is 5.42. The third-order valence-corrected chi connectivity index (χ3v) is 7.75. The summed E-state index contributed by atoms with van der Waals surface area (Å²) in [5.74, 6) is 0.0901. The summed E-state index contributed by atoms with van der Waals surface area (Å²) in [4.78, 5) is 28.1. The second-order valence-corrected chi connectivity index (χ2v) is 11.3. The van der Waals surface area contributed by atoms with Gasteiger partial charge in [0.15, 0.2) is 0 Å². The molecule has 0 unspecified atom stereocenters. The Morgan fingerprint density at radius 1 is 1.23 bits per heavy atom. The Morgan fingerprint density at radius 2 is 2.00 bits per heavy atom. The molecule has 5 rings (SSSR count). The molecule has 1 fully saturated rings. The molecular weight excluding hydrogens is 506 g/mol. The van der Waals surface area contributed by atoms with Crippen LogP contribution in [-0.2, 0) is 18.3 Å². The summed E-state index contributed by atoms with van der Waals surface area (Å²) in [6.07, 6.45) is 5.55. The van der Waals surface area contributed by atoms with Crippen LogP contribution in [0.3, 0.4) is 0 Å². The number of pyridine rings is 1. The van der Waals surface area contributed by atoms with Crippen molar-refractivity contribution in [2.24, 2.45) is 12.0 Å². The zero-order valence-corrected chi connectivity index (χ0v) is 24.0. The van der Waals surface area contributed by atoms with E-state index in [-0.39, 0.29) is 12.5 Å². The van der Waals surface area contributed by atoms with E-state index < -0.39 is 5.60 Å². The zero-order chi connectivity index (χ0) is 28.4. The number of ether oxygens (including phenoxy) is 1. The number of hydrogen-bond acceptors (Lipinski definition) is 6. The number of aryl methyl sites for hydroxylation is 1. The summed E-state index contributed by atoms with van der Waals surface area (Å²) in [7, 11) is 3.62. The van der Waals surface area contributed by atoms with Crippen LogP contribution in [0, 0.1) is 6.92 Å². The van der Waals surface area contributed by atoms with Crippen molar-refractivity contribution >= 4 is 16.9 Å². The first kappa shape index (κ1) is 27.9. The van der Waals surface area contributed by atoms with Gasteiger partial charge in [-0.05, 0) is 82.4 Å². The number of piperidine rings is 1. The Labute approximate surface area is 234 Å². The smallest absolute Gasteiger partial charge is 0.280 e. The monoisotopic (exact) mass is 545 g/mol. The maximum absolute atomic E-state index is 13.4. The fourth-order valence-corrected chi connectivity index (χ4v) is 5.41. The molecule has 1 saturated heterocycles. The van der Waals surface area contributed by atoms with Crippen LogP contribution in [0.5, 0.6) is 0 Å². The highest BCUT2D eigenvalue weighted by Gasteiger charge is 2.22. The first-order chi connectivity index (χ1) is 19.1. The molecule has 4 aromatic rings. The molecule has 3 aromatic heterocycles. The average Bonchev–Trinajstić information content (AvgIpc) is 3.44. The predicted molar refractivity (Wildman–Crippen MR) is 154 cm³/mol. The van der Waals surface area contributed by atoms with E-state index in [0.29, 0.717) is 22.8 Å². The number of rotatable bonds is 8. The molecule has 0 atom stereocenters. The van der Waals surface area contributed by atoms with Gasteiger partial charge in [-0.25, -0.2) is 0 Å². The Kier molecular flexibility index (Phi) is 8.02. The van der Waals surface area contributed by atoms with E-state index in [1.54, 1.807) is 50.2 Å². The van der Waals surface area contributed by atoms with Crippen molar-refractivity contribution in [1.82, 2.24) is 29.2 Å². The van der Waals surface area contributed by atoms with Crippen LogP contribution in [0.4, 0.5) is 0 Å². The van der Waals surface area contributed by atoms with Gasteiger partial charge in [-0.2, -0.15) is 10.1 Å². The van der Waals surface area contributed by atoms with Crippen molar-refractivity contribution in [2.45, 2.75) is 51.7 Å². The minimum Gasteiger partial charge on any atom is -0.389 e. The molecule has 2 N–H and O–H groups in total. The lowest BCUT2D eigenvalue weighted by molar-refractivity contribution is 0.0612. The Morgan fingerprint density at radius 3 is 2.67 bits per heavy atom. The molecule has 1 aromatic carbocycles. The first-order valence-corrected chi connectivity index (χ1v) is 13.8. The van der Waals surface area contributed by atoms with E-state index in [9.17, 15) is 9.90 Å². The Balaban J connectivity index is 1.47. The van der Waals surface area contributed by atoms with Crippen LogP contribution in [0.15, 0.2) is 47.7 Å². The standard InChI is InChI=1S/C30H39N7O3/c1-20-24(18-32-35(20)4)25-17-23(8-11-31-25)28(38)34-29-33-26-16-22(6-7-27(26)37(29)19-30(2,3)39)21-9-12-36(13-10-21)14-15-40-5/h6-8,11,16-18,21,39H,9-10,12-15,19H2,1-5H3,(H,33,34,38). The number of amides is 1. The van der Waals surface area contributed by atoms with Crippen LogP contribution in [0.1, 0.15) is 54.2 Å². The summed E-state index contributed by atoms with van der Waals surface area (Å²) >= 11 is 0. The number of aromatic nitrogens is 5. The van der Waals surface area contributed by atoms with Gasteiger partial charge >= 0.3 is 0 Å². The molecule has 1 aliphatic heterocycles. The number of aromatic amines is 1. The van der Waals surface area contributed by atoms with Gasteiger partial charge in [-0.3, -0.25) is 14.5 Å². The number of hydrogen-bond donors (Lipinski definition) is 2. The zero-order valence-electron chi connectivity index (χ0n) is 24.0. The number of fused-ring (bicyclic) bond motifs is 1. The quantitative estimate of drug-likeness (QED) is 0.351. The van der Waals surface area contributed by atoms with E-state index in [1.165, 1.54) is 5.56 Å². The van der Waals surface area contributed by atoms with Gasteiger partial charge in [0.25, 0.3) is 5.91 Å². The number of nitrogens with one attached hydrogen (secondary N) is 1. The number of methoxy groups -OCH3 is 1. The third-order valence-electron chi connectivity index (χ3n) is 7.75. The van der Waals surface area contributed by atoms with Gasteiger partial charge in [0.2, 0.25) is 5.62 Å². The highest BCUT2D eigenvalue weighted by atomic mass is 16.5. The summed E-state index contributed by atoms with van der Waals surface area (Å²) in [6, 6.07) is 9.83. The number of imidazole rings is 1. The van der Waals surface area contributed by atoms with Crippen molar-refractivity contribution in [2.75, 3.05) is 33.4 Å². The lowest BCUT2D eigenvalue weighted by atomic mass is 9.89. The van der Waals surface area contributed by atoms with Crippen molar-refractivity contribution in [1.29, 1.82) is 0 Å². The van der Waals surface area contributed by atoms with Crippen LogP contribution >= 0.6 is 0 Å². The summed E-state index contributed by atoms with van der Waals surface area (Å²) in [6.45, 7) is 9.58. The highest BCUT2D eigenvalue weighted by Crippen LogP contribution is 2.30. The number of likely N-dealkylation sites (tertiary alicyclic amines) is 1. The fraction of sp³-hybridized carbons (Fsp3) is 0.467. The van der Waals surface area contributed by atoms with Gasteiger partial charge < -0.3 is 24.3 Å². The Bertz CT molecular complexity index is 1570. The maximum Gasteiger partial charge on any atom is 0.280 e. The van der Waals surface area contributed by atoms with Gasteiger partial charge in [0.05, 0.1) is 41.7 Å². The second-order valence-electron chi connectivity index (χ2n) is 11.3. The number of benzene rings is 1. The van der Waals surface area contributed by atoms with E-state index in [2.05, 4.69) is 43.2 Å². The lowest BCUT2D eigenvalue weighted by Gasteiger charge is -2.32. The lowest BCUT2D eigenvalue weighted by Crippen LogP contribution is -2.35. The van der Waals surface area contributed by atoms with Crippen LogP contribution in [0.2, 0.25) is 0 Å². The molecule has 0 spiro atoms. The van der Waals surface area contributed by atoms with E-state index >= 15 is 0 Å². The molecule has 0 aliphatic carbocycles. The number of carbonyl (C=O) groups is 1. The summed E-state index contributed by atoms with van der Waals surface area (Å²) < 4.78 is 8.90. The normalized spacial score (nSPS) is 15.8. The topological polar surface area (TPSA) is 114 Å². The number of nitrogens with zero attached hydrogens (tertiary/aromatic N) is 6. The van der Waals surface area contributed by atoms with Gasteiger partial charge in [0.1, 0.15) is 0 Å². The van der Waals surface area contributed by atoms with Crippen molar-refractivity contribution in [3.63, 3.8) is 0 Å². The molecule has 4 heterocycles. The Hall–Kier alpha value is -3.60. The maximum atomic E-state index is 13.4. The molecule has 212 valence electrons. The van der Waals surface area contributed by atoms with Crippen LogP contribution in [-0.4, -0.2) is 79.2 Å². The summed E-state index contributed by atoms with van der Waals surface area (Å²) in [5, 5.41) is 15.0. The van der Waals surface area contributed by atoms with E-state index in [0.717, 1.165) is 61.4 Å². The van der Waals surface area contributed by atoms with E-state index in [1.807, 2.05) is 18.5 Å². The number of carbonyl (C=O) groups excluding carboxylic acids is 1. The predicted octanol–water partition coefficient (Wildman–Crippen LogP) is 3.41. The molecule has 10 heteroatoms. The largest absolute Gasteiger partial charge is 0.389 e. The van der Waals surface area contributed by atoms with Gasteiger partial charge in [0, 0.05) is 43.7 Å². The fourth-order valence-electron chi connectivity index (χ4n) is 5.41.